The zero-order chi connectivity index (χ0) is 10.7. The molecule has 0 N–H and O–H groups in total. The standard InChI is InChI=1S/C15H28/c1-12-5-3-4-6-14(9-12)11-15-8-7-13(2)10-15/h12-15H,3-11H2,1-2H3. The van der Waals surface area contributed by atoms with Gasteiger partial charge in [0.05, 0.1) is 0 Å². The van der Waals surface area contributed by atoms with Gasteiger partial charge < -0.3 is 0 Å². The van der Waals surface area contributed by atoms with Gasteiger partial charge in [0, 0.05) is 0 Å². The van der Waals surface area contributed by atoms with Gasteiger partial charge in [0.1, 0.15) is 0 Å². The third-order valence-electron chi connectivity index (χ3n) is 4.77. The fourth-order valence-corrected chi connectivity index (χ4v) is 3.96. The Morgan fingerprint density at radius 3 is 2.00 bits per heavy atom. The molecule has 0 heterocycles. The average Bonchev–Trinajstić information content (AvgIpc) is 2.46. The largest absolute Gasteiger partial charge is 0.0625 e. The molecule has 0 amide bonds. The second-order valence-corrected chi connectivity index (χ2v) is 6.51. The second kappa shape index (κ2) is 5.37. The lowest BCUT2D eigenvalue weighted by Gasteiger charge is -2.20. The van der Waals surface area contributed by atoms with Crippen LogP contribution in [0.3, 0.4) is 0 Å². The Morgan fingerprint density at radius 1 is 0.733 bits per heavy atom. The first-order valence-corrected chi connectivity index (χ1v) is 7.24. The van der Waals surface area contributed by atoms with Crippen molar-refractivity contribution in [3.63, 3.8) is 0 Å². The van der Waals surface area contributed by atoms with E-state index in [4.69, 9.17) is 0 Å². The van der Waals surface area contributed by atoms with Gasteiger partial charge in [-0.2, -0.15) is 0 Å². The average molecular weight is 208 g/mol. The fraction of sp³-hybridized carbons (Fsp3) is 1.00. The molecule has 2 rings (SSSR count). The molecule has 0 spiro atoms. The molecule has 4 unspecified atom stereocenters. The summed E-state index contributed by atoms with van der Waals surface area (Å²) in [5.74, 6) is 4.21. The van der Waals surface area contributed by atoms with Gasteiger partial charge in [0.2, 0.25) is 0 Å². The van der Waals surface area contributed by atoms with E-state index in [1.165, 1.54) is 51.4 Å². The maximum Gasteiger partial charge on any atom is -0.0409 e. The van der Waals surface area contributed by atoms with Crippen LogP contribution in [-0.2, 0) is 0 Å². The van der Waals surface area contributed by atoms with Crippen LogP contribution >= 0.6 is 0 Å². The summed E-state index contributed by atoms with van der Waals surface area (Å²) in [5, 5.41) is 0. The lowest BCUT2D eigenvalue weighted by Crippen LogP contribution is -2.08. The molecule has 2 saturated carbocycles. The Kier molecular flexibility index (Phi) is 4.11. The molecule has 0 heteroatoms. The summed E-state index contributed by atoms with van der Waals surface area (Å²) in [4.78, 5) is 0. The van der Waals surface area contributed by atoms with Gasteiger partial charge in [0.25, 0.3) is 0 Å². The minimum absolute atomic E-state index is 1.01. The van der Waals surface area contributed by atoms with Crippen LogP contribution in [0.15, 0.2) is 0 Å². The highest BCUT2D eigenvalue weighted by molar-refractivity contribution is 4.77. The molecule has 2 aliphatic rings. The van der Waals surface area contributed by atoms with Crippen molar-refractivity contribution in [2.24, 2.45) is 23.7 Å². The molecule has 0 radical (unpaired) electrons. The highest BCUT2D eigenvalue weighted by atomic mass is 14.3. The van der Waals surface area contributed by atoms with Gasteiger partial charge in [0.15, 0.2) is 0 Å². The van der Waals surface area contributed by atoms with E-state index in [9.17, 15) is 0 Å². The monoisotopic (exact) mass is 208 g/mol. The van der Waals surface area contributed by atoms with Gasteiger partial charge in [-0.1, -0.05) is 52.4 Å². The highest BCUT2D eigenvalue weighted by Crippen LogP contribution is 2.38. The van der Waals surface area contributed by atoms with E-state index in [2.05, 4.69) is 13.8 Å². The molecule has 4 atom stereocenters. The summed E-state index contributed by atoms with van der Waals surface area (Å²) in [6, 6.07) is 0. The first kappa shape index (κ1) is 11.5. The van der Waals surface area contributed by atoms with Crippen molar-refractivity contribution >= 4 is 0 Å². The normalized spacial score (nSPS) is 42.8. The third kappa shape index (κ3) is 3.50. The van der Waals surface area contributed by atoms with Crippen molar-refractivity contribution in [1.82, 2.24) is 0 Å². The van der Waals surface area contributed by atoms with Crippen LogP contribution in [0.1, 0.15) is 71.6 Å². The Labute approximate surface area is 95.8 Å². The lowest BCUT2D eigenvalue weighted by molar-refractivity contribution is 0.311. The molecule has 15 heavy (non-hydrogen) atoms. The van der Waals surface area contributed by atoms with Crippen LogP contribution < -0.4 is 0 Å². The summed E-state index contributed by atoms with van der Waals surface area (Å²) in [6.45, 7) is 4.91. The van der Waals surface area contributed by atoms with E-state index in [1.54, 1.807) is 6.42 Å². The molecule has 0 aromatic heterocycles. The molecule has 0 aromatic rings. The fourth-order valence-electron chi connectivity index (χ4n) is 3.96. The van der Waals surface area contributed by atoms with Crippen LogP contribution in [0, 0.1) is 23.7 Å². The summed E-state index contributed by atoms with van der Waals surface area (Å²) in [6.07, 6.45) is 13.7. The maximum atomic E-state index is 2.47. The Bertz CT molecular complexity index is 184. The summed E-state index contributed by atoms with van der Waals surface area (Å²) >= 11 is 0. The Balaban J connectivity index is 1.77. The van der Waals surface area contributed by atoms with Crippen molar-refractivity contribution in [2.75, 3.05) is 0 Å². The SMILES string of the molecule is CC1CCCCC(CC2CCC(C)C2)C1. The second-order valence-electron chi connectivity index (χ2n) is 6.51. The van der Waals surface area contributed by atoms with Crippen molar-refractivity contribution in [1.29, 1.82) is 0 Å². The van der Waals surface area contributed by atoms with E-state index < -0.39 is 0 Å². The maximum absolute atomic E-state index is 2.47. The molecule has 2 fully saturated rings. The van der Waals surface area contributed by atoms with Gasteiger partial charge in [-0.25, -0.2) is 0 Å². The smallest absolute Gasteiger partial charge is 0.0409 e. The van der Waals surface area contributed by atoms with E-state index in [0.29, 0.717) is 0 Å². The molecular formula is C15H28. The predicted octanol–water partition coefficient (Wildman–Crippen LogP) is 5.03. The molecule has 0 aromatic carbocycles. The summed E-state index contributed by atoms with van der Waals surface area (Å²) < 4.78 is 0. The van der Waals surface area contributed by atoms with Gasteiger partial charge >= 0.3 is 0 Å². The van der Waals surface area contributed by atoms with E-state index in [0.717, 1.165) is 23.7 Å². The van der Waals surface area contributed by atoms with Crippen molar-refractivity contribution in [3.8, 4) is 0 Å². The van der Waals surface area contributed by atoms with E-state index in [1.807, 2.05) is 0 Å². The number of hydrogen-bond acceptors (Lipinski definition) is 0. The van der Waals surface area contributed by atoms with Gasteiger partial charge in [-0.05, 0) is 42.9 Å². The first-order valence-electron chi connectivity index (χ1n) is 7.24. The minimum atomic E-state index is 1.01. The first-order chi connectivity index (χ1) is 7.24. The molecular weight excluding hydrogens is 180 g/mol. The number of hydrogen-bond donors (Lipinski definition) is 0. The zero-order valence-electron chi connectivity index (χ0n) is 10.7. The molecule has 0 nitrogen and oxygen atoms in total. The van der Waals surface area contributed by atoms with Crippen LogP contribution in [0.4, 0.5) is 0 Å². The Morgan fingerprint density at radius 2 is 1.33 bits per heavy atom. The van der Waals surface area contributed by atoms with Crippen molar-refractivity contribution < 1.29 is 0 Å². The van der Waals surface area contributed by atoms with Crippen molar-refractivity contribution in [2.45, 2.75) is 71.6 Å². The molecule has 0 saturated heterocycles. The quantitative estimate of drug-likeness (QED) is 0.558. The topological polar surface area (TPSA) is 0 Å². The number of rotatable bonds is 2. The van der Waals surface area contributed by atoms with Crippen LogP contribution in [0.5, 0.6) is 0 Å². The van der Waals surface area contributed by atoms with Gasteiger partial charge in [-0.3, -0.25) is 0 Å². The predicted molar refractivity (Wildman–Crippen MR) is 66.9 cm³/mol. The van der Waals surface area contributed by atoms with Crippen LogP contribution in [0.2, 0.25) is 0 Å². The molecule has 0 aliphatic heterocycles. The summed E-state index contributed by atoms with van der Waals surface area (Å²) in [5.41, 5.74) is 0. The third-order valence-corrected chi connectivity index (χ3v) is 4.77. The zero-order valence-corrected chi connectivity index (χ0v) is 10.7. The highest BCUT2D eigenvalue weighted by Gasteiger charge is 2.25. The molecule has 88 valence electrons. The lowest BCUT2D eigenvalue weighted by atomic mass is 9.85. The van der Waals surface area contributed by atoms with E-state index >= 15 is 0 Å². The van der Waals surface area contributed by atoms with Crippen LogP contribution in [0.25, 0.3) is 0 Å². The summed E-state index contributed by atoms with van der Waals surface area (Å²) in [7, 11) is 0. The Hall–Kier alpha value is 0. The van der Waals surface area contributed by atoms with Crippen LogP contribution in [-0.4, -0.2) is 0 Å². The minimum Gasteiger partial charge on any atom is -0.0625 e. The molecule has 2 aliphatic carbocycles. The van der Waals surface area contributed by atoms with Crippen molar-refractivity contribution in [3.05, 3.63) is 0 Å². The van der Waals surface area contributed by atoms with E-state index in [-0.39, 0.29) is 0 Å². The van der Waals surface area contributed by atoms with Gasteiger partial charge in [-0.15, -0.1) is 0 Å². The molecule has 0 bridgehead atoms.